The van der Waals surface area contributed by atoms with Crippen LogP contribution < -0.4 is 25.8 Å². The van der Waals surface area contributed by atoms with Crippen LogP contribution in [0.5, 0.6) is 11.5 Å². The van der Waals surface area contributed by atoms with Gasteiger partial charge in [-0.25, -0.2) is 9.97 Å². The molecule has 0 saturated heterocycles. The van der Waals surface area contributed by atoms with Crippen molar-refractivity contribution in [2.75, 3.05) is 17.7 Å². The standard InChI is InChI=1S/C25H25ClN6O3/c1-3-19(27)25(33)32-21-11-17-20(12-23(21)34-2)29-14-30-24(17)31-15-7-8-22(18(26)10-15)35-13-16-6-4-5-9-28-16/h4-12,14,19H,3,13,27H2,1-2H3,(H,32,33)(H,29,30,31)/t19-/m0/s1. The number of hydrogen-bond donors (Lipinski definition) is 3. The summed E-state index contributed by atoms with van der Waals surface area (Å²) in [6, 6.07) is 13.8. The SMILES string of the molecule is CC[C@H](N)C(=O)Nc1cc2c(Nc3ccc(OCc4ccccn4)c(Cl)c3)ncnc2cc1OC. The summed E-state index contributed by atoms with van der Waals surface area (Å²) >= 11 is 6.45. The Morgan fingerprint density at radius 3 is 2.69 bits per heavy atom. The Morgan fingerprint density at radius 2 is 1.97 bits per heavy atom. The summed E-state index contributed by atoms with van der Waals surface area (Å²) in [5, 5.41) is 7.20. The number of aromatic nitrogens is 3. The van der Waals surface area contributed by atoms with E-state index in [2.05, 4.69) is 25.6 Å². The average Bonchev–Trinajstić information content (AvgIpc) is 2.88. The molecule has 0 aliphatic heterocycles. The molecule has 2 heterocycles. The van der Waals surface area contributed by atoms with Crippen LogP contribution in [0.2, 0.25) is 5.02 Å². The molecule has 0 bridgehead atoms. The van der Waals surface area contributed by atoms with Gasteiger partial charge in [-0.2, -0.15) is 0 Å². The third kappa shape index (κ3) is 5.76. The summed E-state index contributed by atoms with van der Waals surface area (Å²) in [7, 11) is 1.52. The number of nitrogens with one attached hydrogen (secondary N) is 2. The van der Waals surface area contributed by atoms with Gasteiger partial charge in [-0.1, -0.05) is 24.6 Å². The van der Waals surface area contributed by atoms with Crippen LogP contribution >= 0.6 is 11.6 Å². The van der Waals surface area contributed by atoms with Gasteiger partial charge in [-0.3, -0.25) is 9.78 Å². The second-order valence-electron chi connectivity index (χ2n) is 7.68. The summed E-state index contributed by atoms with van der Waals surface area (Å²) in [4.78, 5) is 25.3. The lowest BCUT2D eigenvalue weighted by Gasteiger charge is -2.16. The maximum absolute atomic E-state index is 12.4. The fourth-order valence-corrected chi connectivity index (χ4v) is 3.56. The monoisotopic (exact) mass is 492 g/mol. The number of nitrogens with zero attached hydrogens (tertiary/aromatic N) is 3. The highest BCUT2D eigenvalue weighted by molar-refractivity contribution is 6.32. The third-order valence-corrected chi connectivity index (χ3v) is 5.58. The summed E-state index contributed by atoms with van der Waals surface area (Å²) in [6.07, 6.45) is 3.67. The number of anilines is 3. The third-order valence-electron chi connectivity index (χ3n) is 5.29. The van der Waals surface area contributed by atoms with E-state index in [1.807, 2.05) is 31.2 Å². The highest BCUT2D eigenvalue weighted by atomic mass is 35.5. The Bertz CT molecular complexity index is 1340. The Kier molecular flexibility index (Phi) is 7.59. The lowest BCUT2D eigenvalue weighted by molar-refractivity contribution is -0.117. The van der Waals surface area contributed by atoms with Crippen LogP contribution in [-0.4, -0.2) is 34.0 Å². The molecular weight excluding hydrogens is 468 g/mol. The van der Waals surface area contributed by atoms with Crippen LogP contribution in [0, 0.1) is 0 Å². The number of ether oxygens (including phenoxy) is 2. The number of carbonyl (C=O) groups is 1. The highest BCUT2D eigenvalue weighted by Crippen LogP contribution is 2.34. The number of fused-ring (bicyclic) bond motifs is 1. The average molecular weight is 493 g/mol. The van der Waals surface area contributed by atoms with Gasteiger partial charge in [0, 0.05) is 23.3 Å². The number of carbonyl (C=O) groups excluding carboxylic acids is 1. The zero-order chi connectivity index (χ0) is 24.8. The molecule has 35 heavy (non-hydrogen) atoms. The molecule has 0 unspecified atom stereocenters. The van der Waals surface area contributed by atoms with E-state index < -0.39 is 6.04 Å². The predicted molar refractivity (Wildman–Crippen MR) is 136 cm³/mol. The molecule has 2 aromatic heterocycles. The van der Waals surface area contributed by atoms with Crippen molar-refractivity contribution in [1.82, 2.24) is 15.0 Å². The number of hydrogen-bond acceptors (Lipinski definition) is 8. The van der Waals surface area contributed by atoms with Crippen LogP contribution in [-0.2, 0) is 11.4 Å². The fraction of sp³-hybridized carbons (Fsp3) is 0.200. The van der Waals surface area contributed by atoms with Crippen molar-refractivity contribution in [2.24, 2.45) is 5.73 Å². The zero-order valence-electron chi connectivity index (χ0n) is 19.3. The molecule has 9 nitrogen and oxygen atoms in total. The molecule has 0 aliphatic rings. The molecule has 4 aromatic rings. The second kappa shape index (κ2) is 11.0. The van der Waals surface area contributed by atoms with Gasteiger partial charge in [0.15, 0.2) is 0 Å². The smallest absolute Gasteiger partial charge is 0.241 e. The zero-order valence-corrected chi connectivity index (χ0v) is 20.0. The van der Waals surface area contributed by atoms with Crippen LogP contribution in [0.25, 0.3) is 10.9 Å². The van der Waals surface area contributed by atoms with Gasteiger partial charge in [0.2, 0.25) is 5.91 Å². The van der Waals surface area contributed by atoms with Crippen molar-refractivity contribution >= 4 is 45.6 Å². The summed E-state index contributed by atoms with van der Waals surface area (Å²) < 4.78 is 11.2. The molecule has 180 valence electrons. The normalized spacial score (nSPS) is 11.7. The maximum atomic E-state index is 12.4. The number of methoxy groups -OCH3 is 1. The van der Waals surface area contributed by atoms with Crippen molar-refractivity contribution in [2.45, 2.75) is 26.0 Å². The first-order valence-electron chi connectivity index (χ1n) is 11.0. The number of amides is 1. The van der Waals surface area contributed by atoms with E-state index in [1.165, 1.54) is 13.4 Å². The lowest BCUT2D eigenvalue weighted by atomic mass is 10.1. The molecule has 4 N–H and O–H groups in total. The van der Waals surface area contributed by atoms with Crippen LogP contribution in [0.4, 0.5) is 17.2 Å². The van der Waals surface area contributed by atoms with Gasteiger partial charge >= 0.3 is 0 Å². The molecule has 0 aliphatic carbocycles. The van der Waals surface area contributed by atoms with Gasteiger partial charge in [0.1, 0.15) is 30.3 Å². The van der Waals surface area contributed by atoms with E-state index in [9.17, 15) is 4.79 Å². The molecule has 0 spiro atoms. The molecule has 2 aromatic carbocycles. The quantitative estimate of drug-likeness (QED) is 0.307. The van der Waals surface area contributed by atoms with Crippen molar-refractivity contribution in [3.05, 3.63) is 71.8 Å². The predicted octanol–water partition coefficient (Wildman–Crippen LogP) is 4.69. The Morgan fingerprint density at radius 1 is 1.11 bits per heavy atom. The Labute approximate surface area is 207 Å². The van der Waals surface area contributed by atoms with Crippen molar-refractivity contribution in [1.29, 1.82) is 0 Å². The number of rotatable bonds is 9. The van der Waals surface area contributed by atoms with Crippen molar-refractivity contribution in [3.63, 3.8) is 0 Å². The molecule has 0 fully saturated rings. The Hall–Kier alpha value is -3.95. The number of pyridine rings is 1. The van der Waals surface area contributed by atoms with Crippen molar-refractivity contribution < 1.29 is 14.3 Å². The molecule has 10 heteroatoms. The van der Waals surface area contributed by atoms with E-state index >= 15 is 0 Å². The summed E-state index contributed by atoms with van der Waals surface area (Å²) in [5.41, 5.74) is 8.48. The number of benzene rings is 2. The fourth-order valence-electron chi connectivity index (χ4n) is 3.33. The first-order valence-corrected chi connectivity index (χ1v) is 11.3. The first-order chi connectivity index (χ1) is 17.0. The van der Waals surface area contributed by atoms with E-state index in [0.29, 0.717) is 57.6 Å². The molecular formula is C25H25ClN6O3. The Balaban J connectivity index is 1.58. The van der Waals surface area contributed by atoms with E-state index in [-0.39, 0.29) is 5.91 Å². The van der Waals surface area contributed by atoms with Gasteiger partial charge in [0.05, 0.1) is 35.1 Å². The molecule has 0 saturated carbocycles. The van der Waals surface area contributed by atoms with Crippen LogP contribution in [0.3, 0.4) is 0 Å². The molecule has 1 atom stereocenters. The minimum Gasteiger partial charge on any atom is -0.494 e. The van der Waals surface area contributed by atoms with E-state index in [0.717, 1.165) is 5.69 Å². The molecule has 1 amide bonds. The van der Waals surface area contributed by atoms with Gasteiger partial charge in [-0.15, -0.1) is 0 Å². The minimum atomic E-state index is -0.624. The maximum Gasteiger partial charge on any atom is 0.241 e. The highest BCUT2D eigenvalue weighted by Gasteiger charge is 2.16. The molecule has 0 radical (unpaired) electrons. The van der Waals surface area contributed by atoms with E-state index in [1.54, 1.807) is 30.5 Å². The largest absolute Gasteiger partial charge is 0.494 e. The van der Waals surface area contributed by atoms with Gasteiger partial charge in [0.25, 0.3) is 0 Å². The van der Waals surface area contributed by atoms with E-state index in [4.69, 9.17) is 26.8 Å². The summed E-state index contributed by atoms with van der Waals surface area (Å²) in [5.74, 6) is 1.24. The molecule has 4 rings (SSSR count). The van der Waals surface area contributed by atoms with Crippen molar-refractivity contribution in [3.8, 4) is 11.5 Å². The van der Waals surface area contributed by atoms with Crippen LogP contribution in [0.1, 0.15) is 19.0 Å². The van der Waals surface area contributed by atoms with Crippen LogP contribution in [0.15, 0.2) is 61.1 Å². The topological polar surface area (TPSA) is 124 Å². The number of halogens is 1. The second-order valence-corrected chi connectivity index (χ2v) is 8.08. The summed E-state index contributed by atoms with van der Waals surface area (Å²) in [6.45, 7) is 2.15. The lowest BCUT2D eigenvalue weighted by Crippen LogP contribution is -2.34. The van der Waals surface area contributed by atoms with Gasteiger partial charge < -0.3 is 25.8 Å². The number of nitrogens with two attached hydrogens (primary N) is 1. The minimum absolute atomic E-state index is 0.301. The first kappa shape index (κ1) is 24.2. The van der Waals surface area contributed by atoms with Gasteiger partial charge in [-0.05, 0) is 42.8 Å².